The van der Waals surface area contributed by atoms with E-state index in [2.05, 4.69) is 0 Å². The van der Waals surface area contributed by atoms with Crippen LogP contribution in [0.2, 0.25) is 0 Å². The maximum Gasteiger partial charge on any atom is 0.329 e. The Balaban J connectivity index is 1.59. The number of likely N-dealkylation sites (tertiary alicyclic amines) is 1. The predicted molar refractivity (Wildman–Crippen MR) is 173 cm³/mol. The molecule has 0 radical (unpaired) electrons. The van der Waals surface area contributed by atoms with Crippen molar-refractivity contribution in [3.63, 3.8) is 0 Å². The van der Waals surface area contributed by atoms with Crippen LogP contribution in [-0.2, 0) is 20.7 Å². The second-order valence-electron chi connectivity index (χ2n) is 11.2. The van der Waals surface area contributed by atoms with Gasteiger partial charge in [-0.25, -0.2) is 4.79 Å². The van der Waals surface area contributed by atoms with E-state index in [-0.39, 0.29) is 11.7 Å². The van der Waals surface area contributed by atoms with Gasteiger partial charge in [-0.2, -0.15) is 0 Å². The first kappa shape index (κ1) is 34.3. The Morgan fingerprint density at radius 1 is 0.848 bits per heavy atom. The van der Waals surface area contributed by atoms with E-state index in [0.29, 0.717) is 72.1 Å². The van der Waals surface area contributed by atoms with E-state index in [1.54, 1.807) is 55.5 Å². The van der Waals surface area contributed by atoms with Crippen molar-refractivity contribution in [2.24, 2.45) is 0 Å². The average molecular weight is 636 g/mol. The van der Waals surface area contributed by atoms with E-state index in [9.17, 15) is 14.7 Å². The number of phenols is 1. The van der Waals surface area contributed by atoms with E-state index < -0.39 is 24.0 Å². The van der Waals surface area contributed by atoms with Crippen LogP contribution < -0.4 is 23.7 Å². The van der Waals surface area contributed by atoms with Crippen LogP contribution in [0, 0.1) is 0 Å². The second-order valence-corrected chi connectivity index (χ2v) is 11.2. The maximum absolute atomic E-state index is 14.2. The first-order valence-corrected chi connectivity index (χ1v) is 15.6. The summed E-state index contributed by atoms with van der Waals surface area (Å²) in [5.41, 5.74) is 2.18. The van der Waals surface area contributed by atoms with Crippen LogP contribution in [-0.4, -0.2) is 70.0 Å². The fourth-order valence-corrected chi connectivity index (χ4v) is 6.09. The topological polar surface area (TPSA) is 113 Å². The highest BCUT2D eigenvalue weighted by molar-refractivity contribution is 5.89. The molecule has 10 heteroatoms. The van der Waals surface area contributed by atoms with E-state index in [1.807, 2.05) is 25.1 Å². The molecule has 0 saturated carbocycles. The van der Waals surface area contributed by atoms with Crippen molar-refractivity contribution in [3.05, 3.63) is 71.3 Å². The number of hydrogen-bond acceptors (Lipinski definition) is 9. The number of piperidine rings is 1. The van der Waals surface area contributed by atoms with Gasteiger partial charge in [0.25, 0.3) is 0 Å². The van der Waals surface area contributed by atoms with Gasteiger partial charge in [0.15, 0.2) is 23.0 Å². The third-order valence-electron chi connectivity index (χ3n) is 8.54. The van der Waals surface area contributed by atoms with Gasteiger partial charge in [-0.15, -0.1) is 0 Å². The zero-order valence-electron chi connectivity index (χ0n) is 27.5. The average Bonchev–Trinajstić information content (AvgIpc) is 3.09. The largest absolute Gasteiger partial charge is 0.508 e. The predicted octanol–water partition coefficient (Wildman–Crippen LogP) is 6.23. The summed E-state index contributed by atoms with van der Waals surface area (Å²) in [5.74, 6) is 1.42. The normalized spacial score (nSPS) is 15.8. The van der Waals surface area contributed by atoms with Crippen molar-refractivity contribution in [3.8, 4) is 34.5 Å². The molecule has 1 fully saturated rings. The standard InChI is InChI=1S/C36H45NO9/c1-7-25(24-21-32(43-4)34(45-6)33(22-24)44-5)35(39)37-19-11-10-13-27(37)36(40)46-29(26-12-8-9-14-28(26)38)17-15-23-16-18-30(41-2)31(20-23)42-3/h8-9,12,14,16,18,20-22,25,27,29,38H,7,10-11,13,15,17,19H2,1-6H3/t25-,27-,29+/m0/s1. The van der Waals surface area contributed by atoms with Crippen LogP contribution in [0.15, 0.2) is 54.6 Å². The highest BCUT2D eigenvalue weighted by Crippen LogP contribution is 2.41. The second kappa shape index (κ2) is 16.1. The van der Waals surface area contributed by atoms with E-state index >= 15 is 0 Å². The minimum absolute atomic E-state index is 0.0395. The summed E-state index contributed by atoms with van der Waals surface area (Å²) in [4.78, 5) is 29.8. The number of methoxy groups -OCH3 is 5. The SMILES string of the molecule is CC[C@H](C(=O)N1CCCC[C@H]1C(=O)O[C@H](CCc1ccc(OC)c(OC)c1)c1ccccc1O)c1cc(OC)c(OC)c(OC)c1. The number of ether oxygens (including phenoxy) is 6. The summed E-state index contributed by atoms with van der Waals surface area (Å²) in [6.07, 6.45) is 2.77. The lowest BCUT2D eigenvalue weighted by Gasteiger charge is -2.37. The van der Waals surface area contributed by atoms with Crippen LogP contribution in [0.1, 0.15) is 67.7 Å². The number of hydrogen-bond donors (Lipinski definition) is 1. The molecule has 0 bridgehead atoms. The molecule has 1 aliphatic heterocycles. The monoisotopic (exact) mass is 635 g/mol. The Morgan fingerprint density at radius 2 is 1.52 bits per heavy atom. The number of aryl methyl sites for hydroxylation is 1. The molecule has 3 atom stereocenters. The molecule has 10 nitrogen and oxygen atoms in total. The minimum Gasteiger partial charge on any atom is -0.508 e. The third-order valence-corrected chi connectivity index (χ3v) is 8.54. The molecule has 0 spiro atoms. The number of amides is 1. The molecule has 248 valence electrons. The van der Waals surface area contributed by atoms with Crippen LogP contribution in [0.5, 0.6) is 34.5 Å². The molecule has 3 aromatic rings. The number of carbonyl (C=O) groups is 2. The first-order chi connectivity index (χ1) is 22.3. The molecule has 4 rings (SSSR count). The summed E-state index contributed by atoms with van der Waals surface area (Å²) in [5, 5.41) is 10.7. The maximum atomic E-state index is 14.2. The molecule has 1 amide bonds. The van der Waals surface area contributed by atoms with Gasteiger partial charge >= 0.3 is 5.97 Å². The van der Waals surface area contributed by atoms with Gasteiger partial charge in [-0.3, -0.25) is 4.79 Å². The van der Waals surface area contributed by atoms with Gasteiger partial charge in [0.1, 0.15) is 17.9 Å². The van der Waals surface area contributed by atoms with Crippen molar-refractivity contribution in [1.29, 1.82) is 0 Å². The molecule has 1 N–H and O–H groups in total. The van der Waals surface area contributed by atoms with Crippen molar-refractivity contribution in [1.82, 2.24) is 4.90 Å². The number of benzene rings is 3. The Morgan fingerprint density at radius 3 is 2.13 bits per heavy atom. The summed E-state index contributed by atoms with van der Waals surface area (Å²) in [7, 11) is 7.76. The number of rotatable bonds is 14. The molecule has 46 heavy (non-hydrogen) atoms. The highest BCUT2D eigenvalue weighted by atomic mass is 16.5. The van der Waals surface area contributed by atoms with Gasteiger partial charge in [0, 0.05) is 12.1 Å². The van der Waals surface area contributed by atoms with Crippen LogP contribution >= 0.6 is 0 Å². The van der Waals surface area contributed by atoms with E-state index in [0.717, 1.165) is 18.4 Å². The van der Waals surface area contributed by atoms with Gasteiger partial charge in [-0.1, -0.05) is 31.2 Å². The van der Waals surface area contributed by atoms with Crippen molar-refractivity contribution in [2.75, 3.05) is 42.1 Å². The number of esters is 1. The number of aromatic hydroxyl groups is 1. The molecular formula is C36H45NO9. The first-order valence-electron chi connectivity index (χ1n) is 15.6. The summed E-state index contributed by atoms with van der Waals surface area (Å²) >= 11 is 0. The van der Waals surface area contributed by atoms with E-state index in [4.69, 9.17) is 28.4 Å². The lowest BCUT2D eigenvalue weighted by molar-refractivity contribution is -0.162. The summed E-state index contributed by atoms with van der Waals surface area (Å²) in [6.45, 7) is 2.37. The molecule has 3 aromatic carbocycles. The quantitative estimate of drug-likeness (QED) is 0.206. The van der Waals surface area contributed by atoms with Crippen molar-refractivity contribution in [2.45, 2.75) is 63.5 Å². The zero-order chi connectivity index (χ0) is 33.2. The van der Waals surface area contributed by atoms with Gasteiger partial charge in [0.2, 0.25) is 11.7 Å². The third kappa shape index (κ3) is 7.61. The van der Waals surface area contributed by atoms with Crippen LogP contribution in [0.4, 0.5) is 0 Å². The van der Waals surface area contributed by atoms with Gasteiger partial charge in [0.05, 0.1) is 41.5 Å². The number of para-hydroxylation sites is 1. The van der Waals surface area contributed by atoms with Gasteiger partial charge in [-0.05, 0) is 80.0 Å². The summed E-state index contributed by atoms with van der Waals surface area (Å²) in [6, 6.07) is 15.3. The Labute approximate surface area is 271 Å². The van der Waals surface area contributed by atoms with Crippen molar-refractivity contribution >= 4 is 11.9 Å². The number of phenolic OH excluding ortho intramolecular Hbond substituents is 1. The molecule has 0 aromatic heterocycles. The van der Waals surface area contributed by atoms with Crippen molar-refractivity contribution < 1.29 is 43.1 Å². The Bertz CT molecular complexity index is 1470. The Kier molecular flexibility index (Phi) is 12.0. The number of nitrogens with zero attached hydrogens (tertiary/aromatic N) is 1. The molecule has 0 unspecified atom stereocenters. The fourth-order valence-electron chi connectivity index (χ4n) is 6.09. The lowest BCUT2D eigenvalue weighted by atomic mass is 9.91. The fraction of sp³-hybridized carbons (Fsp3) is 0.444. The lowest BCUT2D eigenvalue weighted by Crippen LogP contribution is -2.50. The minimum atomic E-state index is -0.758. The smallest absolute Gasteiger partial charge is 0.329 e. The number of carbonyl (C=O) groups excluding carboxylic acids is 2. The zero-order valence-corrected chi connectivity index (χ0v) is 27.5. The van der Waals surface area contributed by atoms with Crippen LogP contribution in [0.3, 0.4) is 0 Å². The molecule has 1 heterocycles. The van der Waals surface area contributed by atoms with Crippen LogP contribution in [0.25, 0.3) is 0 Å². The highest BCUT2D eigenvalue weighted by Gasteiger charge is 2.38. The molecule has 1 aliphatic rings. The van der Waals surface area contributed by atoms with Gasteiger partial charge < -0.3 is 38.4 Å². The summed E-state index contributed by atoms with van der Waals surface area (Å²) < 4.78 is 33.5. The Hall–Kier alpha value is -4.60. The van der Waals surface area contributed by atoms with E-state index in [1.165, 1.54) is 21.3 Å². The molecule has 1 saturated heterocycles. The molecule has 0 aliphatic carbocycles. The molecular weight excluding hydrogens is 590 g/mol.